The Morgan fingerprint density at radius 3 is 2.74 bits per heavy atom. The van der Waals surface area contributed by atoms with Gasteiger partial charge in [-0.2, -0.15) is 0 Å². The molecule has 1 unspecified atom stereocenters. The number of aromatic hydroxyl groups is 2. The van der Waals surface area contributed by atoms with Gasteiger partial charge in [0.05, 0.1) is 31.7 Å². The molecular formula is C21H28NO5+. The monoisotopic (exact) mass is 374 g/mol. The van der Waals surface area contributed by atoms with E-state index in [0.29, 0.717) is 19.3 Å². The molecule has 1 saturated heterocycles. The Labute approximate surface area is 158 Å². The molecule has 6 heteroatoms. The Bertz CT molecular complexity index is 853. The predicted octanol–water partition coefficient (Wildman–Crippen LogP) is 1.17. The van der Waals surface area contributed by atoms with E-state index in [9.17, 15) is 20.4 Å². The summed E-state index contributed by atoms with van der Waals surface area (Å²) in [4.78, 5) is 0. The molecule has 1 aromatic carbocycles. The van der Waals surface area contributed by atoms with Crippen molar-refractivity contribution in [3.63, 3.8) is 0 Å². The van der Waals surface area contributed by atoms with Gasteiger partial charge in [0.1, 0.15) is 17.7 Å². The van der Waals surface area contributed by atoms with Gasteiger partial charge in [-0.05, 0) is 37.3 Å². The fourth-order valence-corrected chi connectivity index (χ4v) is 7.19. The van der Waals surface area contributed by atoms with Crippen molar-refractivity contribution >= 4 is 0 Å². The van der Waals surface area contributed by atoms with Gasteiger partial charge in [0.2, 0.25) is 5.75 Å². The Kier molecular flexibility index (Phi) is 2.88. The molecule has 6 atom stereocenters. The molecule has 3 fully saturated rings. The summed E-state index contributed by atoms with van der Waals surface area (Å²) in [5, 5.41) is 43.7. The number of hydrogen-bond acceptors (Lipinski definition) is 5. The van der Waals surface area contributed by atoms with Crippen LogP contribution in [0.3, 0.4) is 0 Å². The van der Waals surface area contributed by atoms with Crippen LogP contribution in [0.4, 0.5) is 0 Å². The van der Waals surface area contributed by atoms with Crippen molar-refractivity contribution < 1.29 is 29.6 Å². The number of likely N-dealkylation sites (N-methyl/N-ethyl adjacent to an activating group) is 1. The highest BCUT2D eigenvalue weighted by molar-refractivity contribution is 5.66. The van der Waals surface area contributed by atoms with Crippen LogP contribution in [0.1, 0.15) is 43.2 Å². The molecule has 6 nitrogen and oxygen atoms in total. The van der Waals surface area contributed by atoms with Gasteiger partial charge in [-0.1, -0.05) is 0 Å². The average molecular weight is 374 g/mol. The van der Waals surface area contributed by atoms with E-state index in [1.165, 1.54) is 12.8 Å². The molecule has 0 amide bonds. The fourth-order valence-electron chi connectivity index (χ4n) is 7.19. The van der Waals surface area contributed by atoms with Gasteiger partial charge >= 0.3 is 0 Å². The molecular weight excluding hydrogens is 346 g/mol. The van der Waals surface area contributed by atoms with Gasteiger partial charge < -0.3 is 29.6 Å². The summed E-state index contributed by atoms with van der Waals surface area (Å²) in [6, 6.07) is 1.68. The Morgan fingerprint density at radius 2 is 2.00 bits per heavy atom. The van der Waals surface area contributed by atoms with Crippen LogP contribution >= 0.6 is 0 Å². The number of rotatable bonds is 2. The number of phenolic OH excluding ortho intramolecular Hbond substituents is 2. The van der Waals surface area contributed by atoms with Gasteiger partial charge in [-0.25, -0.2) is 0 Å². The van der Waals surface area contributed by atoms with Gasteiger partial charge in [0.25, 0.3) is 0 Å². The molecule has 5 aliphatic rings. The highest BCUT2D eigenvalue weighted by Gasteiger charge is 2.76. The van der Waals surface area contributed by atoms with Gasteiger partial charge in [0.15, 0.2) is 11.5 Å². The predicted molar refractivity (Wildman–Crippen MR) is 96.8 cm³/mol. The number of likely N-dealkylation sites (tertiary alicyclic amines) is 1. The molecule has 4 N–H and O–H groups in total. The number of ether oxygens (including phenoxy) is 1. The molecule has 3 aliphatic carbocycles. The maximum Gasteiger partial charge on any atom is 0.200 e. The topological polar surface area (TPSA) is 90.2 Å². The SMILES string of the molecule is C[N@+]1(CC2CC2)CC[C@]23c4c5cc(O)c(O)c4O[C@H]2C(O)CC[C@@]3(O)[C@@H]1C5. The zero-order valence-corrected chi connectivity index (χ0v) is 15.7. The lowest BCUT2D eigenvalue weighted by molar-refractivity contribution is -0.950. The van der Waals surface area contributed by atoms with E-state index in [1.807, 2.05) is 0 Å². The first kappa shape index (κ1) is 16.5. The van der Waals surface area contributed by atoms with Crippen molar-refractivity contribution in [1.29, 1.82) is 0 Å². The van der Waals surface area contributed by atoms with Crippen LogP contribution < -0.4 is 4.74 Å². The molecule has 27 heavy (non-hydrogen) atoms. The molecule has 0 aromatic heterocycles. The largest absolute Gasteiger partial charge is 0.504 e. The summed E-state index contributed by atoms with van der Waals surface area (Å²) in [7, 11) is 2.27. The van der Waals surface area contributed by atoms with E-state index in [4.69, 9.17) is 4.74 Å². The molecule has 1 spiro atoms. The first-order valence-electron chi connectivity index (χ1n) is 10.3. The standard InChI is InChI=1S/C21H27NO5/c1-22(10-11-2-3-11)7-6-20-16-12-8-14(24)17(25)18(16)27-19(20)13(23)4-5-21(20,26)15(22)9-12/h8,11,13,15,19,23,26H,2-7,9-10H2,1H3,(H-,24,25)/p+1/t13?,15-,19-,20-,21+,22+/m0/s1. The Hall–Kier alpha value is -1.50. The minimum Gasteiger partial charge on any atom is -0.504 e. The number of aliphatic hydroxyl groups excluding tert-OH is 1. The van der Waals surface area contributed by atoms with E-state index in [-0.39, 0.29) is 23.3 Å². The minimum absolute atomic E-state index is 0.0212. The molecule has 2 heterocycles. The molecule has 6 rings (SSSR count). The second kappa shape index (κ2) is 4.73. The second-order valence-electron chi connectivity index (χ2n) is 9.95. The normalized spacial score (nSPS) is 46.7. The van der Waals surface area contributed by atoms with Crippen molar-refractivity contribution in [2.24, 2.45) is 5.92 Å². The summed E-state index contributed by atoms with van der Waals surface area (Å²) in [6.45, 7) is 2.03. The minimum atomic E-state index is -0.958. The maximum atomic E-state index is 12.2. The van der Waals surface area contributed by atoms with Gasteiger partial charge in [0, 0.05) is 24.3 Å². The zero-order chi connectivity index (χ0) is 18.8. The number of hydrogen-bond donors (Lipinski definition) is 4. The van der Waals surface area contributed by atoms with Crippen LogP contribution in [0.15, 0.2) is 6.07 Å². The Balaban J connectivity index is 1.60. The highest BCUT2D eigenvalue weighted by Crippen LogP contribution is 2.67. The van der Waals surface area contributed by atoms with Crippen molar-refractivity contribution in [2.45, 2.75) is 67.8 Å². The maximum absolute atomic E-state index is 12.2. The van der Waals surface area contributed by atoms with Crippen LogP contribution in [0.5, 0.6) is 17.2 Å². The summed E-state index contributed by atoms with van der Waals surface area (Å²) in [5.74, 6) is 0.605. The molecule has 2 aliphatic heterocycles. The van der Waals surface area contributed by atoms with Gasteiger partial charge in [-0.3, -0.25) is 0 Å². The molecule has 2 bridgehead atoms. The number of piperidine rings is 1. The van der Waals surface area contributed by atoms with Crippen LogP contribution in [-0.2, 0) is 11.8 Å². The van der Waals surface area contributed by atoms with Crippen LogP contribution in [0, 0.1) is 5.92 Å². The van der Waals surface area contributed by atoms with Crippen molar-refractivity contribution in [2.75, 3.05) is 20.1 Å². The van der Waals surface area contributed by atoms with Crippen molar-refractivity contribution in [3.05, 3.63) is 17.2 Å². The lowest BCUT2D eigenvalue weighted by Gasteiger charge is -2.65. The van der Waals surface area contributed by atoms with E-state index in [1.54, 1.807) is 6.07 Å². The number of phenols is 2. The molecule has 146 valence electrons. The third kappa shape index (κ3) is 1.74. The summed E-state index contributed by atoms with van der Waals surface area (Å²) >= 11 is 0. The first-order valence-corrected chi connectivity index (χ1v) is 10.3. The summed E-state index contributed by atoms with van der Waals surface area (Å²) in [5.41, 5.74) is 0.162. The molecule has 1 aromatic rings. The molecule has 2 saturated carbocycles. The Morgan fingerprint density at radius 1 is 1.22 bits per heavy atom. The zero-order valence-electron chi connectivity index (χ0n) is 15.7. The van der Waals surface area contributed by atoms with E-state index < -0.39 is 23.2 Å². The van der Waals surface area contributed by atoms with Crippen molar-refractivity contribution in [1.82, 2.24) is 0 Å². The number of benzene rings is 1. The highest BCUT2D eigenvalue weighted by atomic mass is 16.5. The van der Waals surface area contributed by atoms with E-state index in [0.717, 1.165) is 41.0 Å². The molecule has 0 radical (unpaired) electrons. The fraction of sp³-hybridized carbons (Fsp3) is 0.714. The van der Waals surface area contributed by atoms with Crippen LogP contribution in [0.25, 0.3) is 0 Å². The third-order valence-corrected chi connectivity index (χ3v) is 8.54. The smallest absolute Gasteiger partial charge is 0.200 e. The summed E-state index contributed by atoms with van der Waals surface area (Å²) < 4.78 is 6.95. The number of aliphatic hydroxyl groups is 2. The number of nitrogens with zero attached hydrogens (tertiary/aromatic N) is 1. The van der Waals surface area contributed by atoms with Crippen LogP contribution in [0.2, 0.25) is 0 Å². The van der Waals surface area contributed by atoms with E-state index >= 15 is 0 Å². The summed E-state index contributed by atoms with van der Waals surface area (Å²) in [6.07, 6.45) is 3.78. The van der Waals surface area contributed by atoms with E-state index in [2.05, 4.69) is 7.05 Å². The quantitative estimate of drug-likeness (QED) is 0.461. The lowest BCUT2D eigenvalue weighted by Crippen LogP contribution is -2.81. The van der Waals surface area contributed by atoms with Crippen molar-refractivity contribution in [3.8, 4) is 17.2 Å². The van der Waals surface area contributed by atoms with Crippen LogP contribution in [-0.4, -0.2) is 68.9 Å². The first-order chi connectivity index (χ1) is 12.8. The lowest BCUT2D eigenvalue weighted by atomic mass is 9.48. The van der Waals surface area contributed by atoms with Gasteiger partial charge in [-0.15, -0.1) is 0 Å². The number of quaternary nitrogens is 1. The third-order valence-electron chi connectivity index (χ3n) is 8.54. The average Bonchev–Trinajstić information content (AvgIpc) is 3.34. The second-order valence-corrected chi connectivity index (χ2v) is 9.95.